The number of methoxy groups -OCH3 is 2. The summed E-state index contributed by atoms with van der Waals surface area (Å²) < 4.78 is 73.9. The fourth-order valence-electron chi connectivity index (χ4n) is 6.38. The van der Waals surface area contributed by atoms with Crippen molar-refractivity contribution in [3.63, 3.8) is 0 Å². The number of hydrogen-bond acceptors (Lipinski definition) is 7. The van der Waals surface area contributed by atoms with Crippen molar-refractivity contribution in [2.75, 3.05) is 27.3 Å². The number of rotatable bonds is 9. The van der Waals surface area contributed by atoms with Crippen LogP contribution in [0.2, 0.25) is 0 Å². The molecule has 2 aromatic carbocycles. The SMILES string of the molecule is CC/C(=C\c1ccccc1)[C@@H]1C[C@H]1NC1CC2(CCN(Cc3ccc(C(=O)OC)cc3OC)CC2)C1.O=C(O)C(F)(F)F.O=C(O)C(F)(F)F. The zero-order valence-electron chi connectivity index (χ0n) is 27.9. The summed E-state index contributed by atoms with van der Waals surface area (Å²) in [6, 6.07) is 17.7. The van der Waals surface area contributed by atoms with Gasteiger partial charge in [-0.25, -0.2) is 14.4 Å². The molecule has 0 aromatic heterocycles. The van der Waals surface area contributed by atoms with Crippen molar-refractivity contribution < 1.29 is 60.4 Å². The van der Waals surface area contributed by atoms with Crippen molar-refractivity contribution in [1.29, 1.82) is 0 Å². The molecule has 1 saturated heterocycles. The van der Waals surface area contributed by atoms with E-state index in [0.717, 1.165) is 37.4 Å². The van der Waals surface area contributed by atoms with Crippen LogP contribution in [0.4, 0.5) is 26.3 Å². The second kappa shape index (κ2) is 17.2. The number of esters is 1. The maximum Gasteiger partial charge on any atom is 0.490 e. The van der Waals surface area contributed by atoms with E-state index in [9.17, 15) is 31.1 Å². The second-order valence-electron chi connectivity index (χ2n) is 12.6. The van der Waals surface area contributed by atoms with Gasteiger partial charge in [0.15, 0.2) is 0 Å². The normalized spacial score (nSPS) is 20.3. The van der Waals surface area contributed by atoms with E-state index in [1.54, 1.807) is 18.7 Å². The third-order valence-corrected chi connectivity index (χ3v) is 9.14. The third kappa shape index (κ3) is 11.8. The molecule has 2 aliphatic carbocycles. The predicted molar refractivity (Wildman–Crippen MR) is 171 cm³/mol. The molecule has 3 N–H and O–H groups in total. The molecule has 0 unspecified atom stereocenters. The number of nitrogens with one attached hydrogen (secondary N) is 1. The van der Waals surface area contributed by atoms with Crippen LogP contribution in [0.3, 0.4) is 0 Å². The third-order valence-electron chi connectivity index (χ3n) is 9.14. The quantitative estimate of drug-likeness (QED) is 0.187. The van der Waals surface area contributed by atoms with Gasteiger partial charge in [-0.1, -0.05) is 55.0 Å². The molecule has 1 spiro atoms. The lowest BCUT2D eigenvalue weighted by Crippen LogP contribution is -2.54. The molecule has 0 radical (unpaired) electrons. The van der Waals surface area contributed by atoms with Crippen LogP contribution >= 0.6 is 0 Å². The van der Waals surface area contributed by atoms with Gasteiger partial charge in [-0.2, -0.15) is 26.3 Å². The van der Waals surface area contributed by atoms with Crippen LogP contribution in [-0.2, 0) is 20.9 Å². The van der Waals surface area contributed by atoms with E-state index in [0.29, 0.717) is 29.0 Å². The van der Waals surface area contributed by atoms with Gasteiger partial charge in [0.25, 0.3) is 0 Å². The lowest BCUT2D eigenvalue weighted by molar-refractivity contribution is -0.193. The van der Waals surface area contributed by atoms with E-state index in [1.165, 1.54) is 44.8 Å². The molecule has 1 heterocycles. The molecule has 5 rings (SSSR count). The number of carboxylic acids is 2. The minimum atomic E-state index is -5.08. The smallest absolute Gasteiger partial charge is 0.490 e. The van der Waals surface area contributed by atoms with Gasteiger partial charge in [0, 0.05) is 24.2 Å². The number of carboxylic acid groups (broad SMARTS) is 2. The topological polar surface area (TPSA) is 125 Å². The second-order valence-corrected chi connectivity index (χ2v) is 12.6. The Kier molecular flexibility index (Phi) is 13.9. The van der Waals surface area contributed by atoms with E-state index in [1.807, 2.05) is 12.1 Å². The van der Waals surface area contributed by atoms with Gasteiger partial charge >= 0.3 is 30.3 Å². The molecule has 9 nitrogen and oxygen atoms in total. The van der Waals surface area contributed by atoms with Gasteiger partial charge < -0.3 is 25.0 Å². The van der Waals surface area contributed by atoms with Crippen molar-refractivity contribution >= 4 is 24.0 Å². The number of carbonyl (C=O) groups excluding carboxylic acids is 1. The average Bonchev–Trinajstić information content (AvgIpc) is 3.82. The number of ether oxygens (including phenoxy) is 2. The van der Waals surface area contributed by atoms with Gasteiger partial charge in [-0.05, 0) is 80.6 Å². The first-order valence-electron chi connectivity index (χ1n) is 16.0. The number of halogens is 6. The van der Waals surface area contributed by atoms with Gasteiger partial charge in [-0.3, -0.25) is 4.90 Å². The molecule has 3 aliphatic rings. The Bertz CT molecular complexity index is 1460. The molecule has 3 fully saturated rings. The van der Waals surface area contributed by atoms with Crippen LogP contribution in [0.1, 0.15) is 66.9 Å². The van der Waals surface area contributed by atoms with Crippen molar-refractivity contribution in [2.24, 2.45) is 11.3 Å². The Morgan fingerprint density at radius 3 is 1.98 bits per heavy atom. The Hall–Kier alpha value is -4.11. The molecule has 15 heteroatoms. The monoisotopic (exact) mass is 716 g/mol. The fraction of sp³-hybridized carbons (Fsp3) is 0.514. The largest absolute Gasteiger partial charge is 0.496 e. The number of aliphatic carboxylic acids is 2. The van der Waals surface area contributed by atoms with Crippen molar-refractivity contribution in [3.8, 4) is 5.75 Å². The Labute approximate surface area is 286 Å². The van der Waals surface area contributed by atoms with Crippen LogP contribution in [0, 0.1) is 11.3 Å². The summed E-state index contributed by atoms with van der Waals surface area (Å²) in [5.41, 5.74) is 5.11. The zero-order chi connectivity index (χ0) is 37.3. The number of nitrogens with zero attached hydrogens (tertiary/aromatic N) is 1. The minimum Gasteiger partial charge on any atom is -0.496 e. The first-order valence-corrected chi connectivity index (χ1v) is 16.0. The minimum absolute atomic E-state index is 0.330. The lowest BCUT2D eigenvalue weighted by atomic mass is 9.60. The highest BCUT2D eigenvalue weighted by Crippen LogP contribution is 2.51. The van der Waals surface area contributed by atoms with Gasteiger partial charge in [0.1, 0.15) is 5.75 Å². The van der Waals surface area contributed by atoms with Crippen LogP contribution in [0.25, 0.3) is 6.08 Å². The van der Waals surface area contributed by atoms with Gasteiger partial charge in [-0.15, -0.1) is 0 Å². The molecule has 0 bridgehead atoms. The molecular weight excluding hydrogens is 674 g/mol. The molecular formula is C35H42F6N2O7. The Morgan fingerprint density at radius 2 is 1.50 bits per heavy atom. The van der Waals surface area contributed by atoms with Crippen molar-refractivity contribution in [3.05, 3.63) is 70.8 Å². The van der Waals surface area contributed by atoms with Crippen LogP contribution in [-0.4, -0.2) is 84.8 Å². The number of hydrogen-bond donors (Lipinski definition) is 3. The fourth-order valence-corrected chi connectivity index (χ4v) is 6.38. The van der Waals surface area contributed by atoms with E-state index in [2.05, 4.69) is 53.5 Å². The predicted octanol–water partition coefficient (Wildman–Crippen LogP) is 6.96. The summed E-state index contributed by atoms with van der Waals surface area (Å²) in [7, 11) is 3.07. The summed E-state index contributed by atoms with van der Waals surface area (Å²) >= 11 is 0. The molecule has 0 amide bonds. The van der Waals surface area contributed by atoms with Gasteiger partial charge in [0.2, 0.25) is 0 Å². The number of likely N-dealkylation sites (tertiary alicyclic amines) is 1. The summed E-state index contributed by atoms with van der Waals surface area (Å²) in [6.45, 7) is 5.40. The van der Waals surface area contributed by atoms with Crippen molar-refractivity contribution in [1.82, 2.24) is 10.2 Å². The highest BCUT2D eigenvalue weighted by atomic mass is 19.4. The van der Waals surface area contributed by atoms with Crippen LogP contribution in [0.5, 0.6) is 5.75 Å². The molecule has 2 atom stereocenters. The van der Waals surface area contributed by atoms with Gasteiger partial charge in [0.05, 0.1) is 19.8 Å². The standard InChI is InChI=1S/C31H40N2O3.2C2HF3O2/c1-4-23(16-22-8-6-5-7-9-22)27-18-28(27)32-26-19-31(20-26)12-14-33(15-13-31)21-25-11-10-24(30(34)36-3)17-29(25)35-2;2*3-2(4,5)1(6)7/h5-11,16-17,26-28,32H,4,12-15,18-21H2,1-3H3;2*(H,6,7)/b23-16+;;/t27-,28+;;/m0../s1. The maximum absolute atomic E-state index is 11.8. The molecule has 2 aromatic rings. The van der Waals surface area contributed by atoms with Crippen LogP contribution < -0.4 is 10.1 Å². The zero-order valence-corrected chi connectivity index (χ0v) is 27.9. The van der Waals surface area contributed by atoms with E-state index in [4.69, 9.17) is 29.3 Å². The highest BCUT2D eigenvalue weighted by molar-refractivity contribution is 5.89. The average molecular weight is 717 g/mol. The number of benzene rings is 2. The maximum atomic E-state index is 11.8. The molecule has 50 heavy (non-hydrogen) atoms. The summed E-state index contributed by atoms with van der Waals surface area (Å²) in [5.74, 6) is -4.37. The Balaban J connectivity index is 0.000000408. The highest BCUT2D eigenvalue weighted by Gasteiger charge is 2.49. The molecule has 1 aliphatic heterocycles. The Morgan fingerprint density at radius 1 is 0.940 bits per heavy atom. The lowest BCUT2D eigenvalue weighted by Gasteiger charge is -2.52. The van der Waals surface area contributed by atoms with E-state index in [-0.39, 0.29) is 5.97 Å². The number of piperidine rings is 1. The first-order chi connectivity index (χ1) is 23.4. The number of carbonyl (C=O) groups is 3. The number of alkyl halides is 6. The summed E-state index contributed by atoms with van der Waals surface area (Å²) in [4.78, 5) is 32.2. The van der Waals surface area contributed by atoms with E-state index >= 15 is 0 Å². The molecule has 2 saturated carbocycles. The summed E-state index contributed by atoms with van der Waals surface area (Å²) in [6.07, 6.45) is -0.136. The molecule has 276 valence electrons. The first kappa shape index (κ1) is 40.3. The van der Waals surface area contributed by atoms with Crippen LogP contribution in [0.15, 0.2) is 54.1 Å². The van der Waals surface area contributed by atoms with E-state index < -0.39 is 24.3 Å². The van der Waals surface area contributed by atoms with Crippen molar-refractivity contribution in [2.45, 2.75) is 76.4 Å². The summed E-state index contributed by atoms with van der Waals surface area (Å²) in [5, 5.41) is 18.2.